The van der Waals surface area contributed by atoms with E-state index in [-0.39, 0.29) is 5.91 Å². The smallest absolute Gasteiger partial charge is 0.255 e. The minimum atomic E-state index is -0.166. The first-order chi connectivity index (χ1) is 14.2. The first-order valence-corrected chi connectivity index (χ1v) is 9.65. The van der Waals surface area contributed by atoms with E-state index in [1.54, 1.807) is 31.5 Å². The van der Waals surface area contributed by atoms with E-state index in [1.165, 1.54) is 18.5 Å². The molecule has 1 saturated heterocycles. The van der Waals surface area contributed by atoms with E-state index < -0.39 is 0 Å². The highest BCUT2D eigenvalue weighted by Gasteiger charge is 2.13. The van der Waals surface area contributed by atoms with Crippen LogP contribution in [0.25, 0.3) is 0 Å². The zero-order valence-corrected chi connectivity index (χ0v) is 16.3. The number of anilines is 2. The van der Waals surface area contributed by atoms with Gasteiger partial charge in [0.2, 0.25) is 5.88 Å². The standard InChI is InChI=1S/C23H23N3O3/c1-28-20-5-4-6-21(15-20)29-22-12-9-18(16-24-22)25-23(27)17-7-10-19(11-8-17)26-13-2-3-14-26/h4-12,15-16H,2-3,13-14H2,1H3,(H,25,27). The number of aromatic nitrogens is 1. The Balaban J connectivity index is 1.37. The summed E-state index contributed by atoms with van der Waals surface area (Å²) in [7, 11) is 1.61. The first kappa shape index (κ1) is 18.8. The zero-order valence-electron chi connectivity index (χ0n) is 16.3. The number of rotatable bonds is 6. The molecule has 1 aliphatic rings. The molecule has 0 spiro atoms. The lowest BCUT2D eigenvalue weighted by Gasteiger charge is -2.17. The quantitative estimate of drug-likeness (QED) is 0.660. The summed E-state index contributed by atoms with van der Waals surface area (Å²) >= 11 is 0. The van der Waals surface area contributed by atoms with Crippen molar-refractivity contribution in [1.29, 1.82) is 0 Å². The fourth-order valence-corrected chi connectivity index (χ4v) is 3.30. The molecular weight excluding hydrogens is 366 g/mol. The number of amides is 1. The van der Waals surface area contributed by atoms with Gasteiger partial charge in [-0.15, -0.1) is 0 Å². The molecule has 0 radical (unpaired) electrons. The zero-order chi connectivity index (χ0) is 20.1. The van der Waals surface area contributed by atoms with Gasteiger partial charge < -0.3 is 19.7 Å². The maximum Gasteiger partial charge on any atom is 0.255 e. The Morgan fingerprint density at radius 3 is 2.45 bits per heavy atom. The second-order valence-corrected chi connectivity index (χ2v) is 6.86. The number of benzene rings is 2. The topological polar surface area (TPSA) is 63.7 Å². The number of pyridine rings is 1. The van der Waals surface area contributed by atoms with Gasteiger partial charge in [-0.05, 0) is 55.3 Å². The molecule has 1 amide bonds. The fourth-order valence-electron chi connectivity index (χ4n) is 3.30. The summed E-state index contributed by atoms with van der Waals surface area (Å²) in [5, 5.41) is 2.87. The molecule has 1 aromatic heterocycles. The van der Waals surface area contributed by atoms with Crippen LogP contribution in [-0.2, 0) is 0 Å². The lowest BCUT2D eigenvalue weighted by Crippen LogP contribution is -2.18. The number of nitrogens with one attached hydrogen (secondary N) is 1. The van der Waals surface area contributed by atoms with Crippen LogP contribution in [0.15, 0.2) is 66.9 Å². The second-order valence-electron chi connectivity index (χ2n) is 6.86. The summed E-state index contributed by atoms with van der Waals surface area (Å²) in [6.45, 7) is 2.17. The molecule has 1 fully saturated rings. The largest absolute Gasteiger partial charge is 0.497 e. The molecule has 29 heavy (non-hydrogen) atoms. The summed E-state index contributed by atoms with van der Waals surface area (Å²) in [6, 6.07) is 18.5. The number of ether oxygens (including phenoxy) is 2. The van der Waals surface area contributed by atoms with Crippen LogP contribution in [0, 0.1) is 0 Å². The van der Waals surface area contributed by atoms with Crippen molar-refractivity contribution >= 4 is 17.3 Å². The number of hydrogen-bond donors (Lipinski definition) is 1. The third-order valence-corrected chi connectivity index (χ3v) is 4.86. The van der Waals surface area contributed by atoms with E-state index in [9.17, 15) is 4.79 Å². The fraction of sp³-hybridized carbons (Fsp3) is 0.217. The summed E-state index contributed by atoms with van der Waals surface area (Å²) in [5.41, 5.74) is 2.39. The molecule has 3 aromatic rings. The van der Waals surface area contributed by atoms with Crippen LogP contribution in [-0.4, -0.2) is 31.1 Å². The predicted octanol–water partition coefficient (Wildman–Crippen LogP) is 4.74. The van der Waals surface area contributed by atoms with Crippen LogP contribution in [0.5, 0.6) is 17.4 Å². The molecular formula is C23H23N3O3. The third kappa shape index (κ3) is 4.66. The summed E-state index contributed by atoms with van der Waals surface area (Å²) in [4.78, 5) is 19.1. The monoisotopic (exact) mass is 389 g/mol. The van der Waals surface area contributed by atoms with Crippen molar-refractivity contribution in [3.8, 4) is 17.4 Å². The molecule has 0 unspecified atom stereocenters. The Hall–Kier alpha value is -3.54. The van der Waals surface area contributed by atoms with E-state index in [4.69, 9.17) is 9.47 Å². The molecule has 0 atom stereocenters. The van der Waals surface area contributed by atoms with Gasteiger partial charge in [0.05, 0.1) is 19.0 Å². The van der Waals surface area contributed by atoms with Gasteiger partial charge in [0, 0.05) is 36.5 Å². The first-order valence-electron chi connectivity index (χ1n) is 9.65. The predicted molar refractivity (Wildman–Crippen MR) is 113 cm³/mol. The van der Waals surface area contributed by atoms with Gasteiger partial charge in [-0.1, -0.05) is 6.07 Å². The van der Waals surface area contributed by atoms with Crippen molar-refractivity contribution in [1.82, 2.24) is 4.98 Å². The van der Waals surface area contributed by atoms with Crippen molar-refractivity contribution in [2.75, 3.05) is 30.4 Å². The Kier molecular flexibility index (Phi) is 5.61. The average Bonchev–Trinajstić information content (AvgIpc) is 3.30. The molecule has 6 heteroatoms. The summed E-state index contributed by atoms with van der Waals surface area (Å²) < 4.78 is 10.9. The van der Waals surface area contributed by atoms with Crippen molar-refractivity contribution in [2.24, 2.45) is 0 Å². The number of carbonyl (C=O) groups is 1. The van der Waals surface area contributed by atoms with Crippen LogP contribution >= 0.6 is 0 Å². The lowest BCUT2D eigenvalue weighted by molar-refractivity contribution is 0.102. The molecule has 0 saturated carbocycles. The Bertz CT molecular complexity index is 965. The van der Waals surface area contributed by atoms with E-state index in [2.05, 4.69) is 15.2 Å². The van der Waals surface area contributed by atoms with E-state index in [0.29, 0.717) is 28.6 Å². The third-order valence-electron chi connectivity index (χ3n) is 4.86. The molecule has 2 aromatic carbocycles. The van der Waals surface area contributed by atoms with Gasteiger partial charge in [0.1, 0.15) is 11.5 Å². The van der Waals surface area contributed by atoms with Gasteiger partial charge >= 0.3 is 0 Å². The highest BCUT2D eigenvalue weighted by atomic mass is 16.5. The second kappa shape index (κ2) is 8.65. The van der Waals surface area contributed by atoms with Gasteiger partial charge in [0.25, 0.3) is 5.91 Å². The number of methoxy groups -OCH3 is 1. The molecule has 6 nitrogen and oxygen atoms in total. The lowest BCUT2D eigenvalue weighted by atomic mass is 10.2. The number of nitrogens with zero attached hydrogens (tertiary/aromatic N) is 2. The maximum absolute atomic E-state index is 12.5. The van der Waals surface area contributed by atoms with Crippen LogP contribution in [0.4, 0.5) is 11.4 Å². The molecule has 4 rings (SSSR count). The van der Waals surface area contributed by atoms with Crippen molar-refractivity contribution in [3.05, 3.63) is 72.4 Å². The van der Waals surface area contributed by atoms with Crippen molar-refractivity contribution in [2.45, 2.75) is 12.8 Å². The Morgan fingerprint density at radius 1 is 1.00 bits per heavy atom. The van der Waals surface area contributed by atoms with Crippen LogP contribution < -0.4 is 19.7 Å². The Morgan fingerprint density at radius 2 is 1.76 bits per heavy atom. The molecule has 0 bridgehead atoms. The van der Waals surface area contributed by atoms with Crippen LogP contribution in [0.3, 0.4) is 0 Å². The normalized spacial score (nSPS) is 13.2. The van der Waals surface area contributed by atoms with Gasteiger partial charge in [-0.3, -0.25) is 4.79 Å². The molecule has 2 heterocycles. The van der Waals surface area contributed by atoms with Crippen molar-refractivity contribution < 1.29 is 14.3 Å². The minimum Gasteiger partial charge on any atom is -0.497 e. The number of carbonyl (C=O) groups excluding carboxylic acids is 1. The van der Waals surface area contributed by atoms with Gasteiger partial charge in [-0.2, -0.15) is 0 Å². The van der Waals surface area contributed by atoms with Gasteiger partial charge in [0.15, 0.2) is 0 Å². The number of hydrogen-bond acceptors (Lipinski definition) is 5. The molecule has 0 aliphatic carbocycles. The van der Waals surface area contributed by atoms with E-state index in [1.807, 2.05) is 42.5 Å². The van der Waals surface area contributed by atoms with Gasteiger partial charge in [-0.25, -0.2) is 4.98 Å². The van der Waals surface area contributed by atoms with E-state index in [0.717, 1.165) is 13.1 Å². The van der Waals surface area contributed by atoms with E-state index >= 15 is 0 Å². The SMILES string of the molecule is COc1cccc(Oc2ccc(NC(=O)c3ccc(N4CCCC4)cc3)cn2)c1. The summed E-state index contributed by atoms with van der Waals surface area (Å²) in [6.07, 6.45) is 4.03. The summed E-state index contributed by atoms with van der Waals surface area (Å²) in [5.74, 6) is 1.61. The van der Waals surface area contributed by atoms with Crippen LogP contribution in [0.2, 0.25) is 0 Å². The highest BCUT2D eigenvalue weighted by Crippen LogP contribution is 2.25. The van der Waals surface area contributed by atoms with Crippen LogP contribution in [0.1, 0.15) is 23.2 Å². The Labute approximate surface area is 170 Å². The van der Waals surface area contributed by atoms with Crippen molar-refractivity contribution in [3.63, 3.8) is 0 Å². The average molecular weight is 389 g/mol. The molecule has 1 N–H and O–H groups in total. The highest BCUT2D eigenvalue weighted by molar-refractivity contribution is 6.04. The maximum atomic E-state index is 12.5. The minimum absolute atomic E-state index is 0.166. The molecule has 148 valence electrons. The molecule has 1 aliphatic heterocycles.